The fourth-order valence-electron chi connectivity index (χ4n) is 4.53. The fraction of sp³-hybridized carbons (Fsp3) is 0.321. The molecule has 0 bridgehead atoms. The van der Waals surface area contributed by atoms with Crippen molar-refractivity contribution in [3.05, 3.63) is 82.7 Å². The summed E-state index contributed by atoms with van der Waals surface area (Å²) in [6.45, 7) is 7.30. The Labute approximate surface area is 205 Å². The first-order valence-corrected chi connectivity index (χ1v) is 11.4. The van der Waals surface area contributed by atoms with Crippen LogP contribution >= 0.6 is 0 Å². The number of benzene rings is 3. The van der Waals surface area contributed by atoms with Crippen molar-refractivity contribution in [3.63, 3.8) is 0 Å². The van der Waals surface area contributed by atoms with Crippen LogP contribution in [-0.2, 0) is 0 Å². The molecular formula is C28H25F5O3. The summed E-state index contributed by atoms with van der Waals surface area (Å²) in [5, 5.41) is 0. The third-order valence-electron chi connectivity index (χ3n) is 6.03. The molecule has 3 aromatic rings. The summed E-state index contributed by atoms with van der Waals surface area (Å²) in [6, 6.07) is 11.6. The molecule has 0 amide bonds. The number of carbonyl (C=O) groups excluding carboxylic acids is 1. The third kappa shape index (κ3) is 5.22. The largest absolute Gasteiger partial charge is 0.573 e. The Bertz CT molecular complexity index is 1280. The van der Waals surface area contributed by atoms with Gasteiger partial charge in [-0.1, -0.05) is 38.1 Å². The number of carbonyl (C=O) groups is 1. The number of ether oxygens (including phenoxy) is 2. The molecule has 4 rings (SSSR count). The Morgan fingerprint density at radius 3 is 2.14 bits per heavy atom. The number of hydrogen-bond acceptors (Lipinski definition) is 3. The van der Waals surface area contributed by atoms with Crippen molar-refractivity contribution in [2.24, 2.45) is 0 Å². The molecule has 1 aliphatic rings. The second-order valence-corrected chi connectivity index (χ2v) is 9.73. The minimum atomic E-state index is -4.87. The lowest BCUT2D eigenvalue weighted by Crippen LogP contribution is -2.36. The van der Waals surface area contributed by atoms with E-state index in [-0.39, 0.29) is 34.8 Å². The Hall–Kier alpha value is -3.42. The van der Waals surface area contributed by atoms with Crippen LogP contribution < -0.4 is 9.47 Å². The van der Waals surface area contributed by atoms with Gasteiger partial charge in [-0.05, 0) is 66.8 Å². The average Bonchev–Trinajstić information content (AvgIpc) is 2.76. The molecule has 8 heteroatoms. The first-order valence-electron chi connectivity index (χ1n) is 11.4. The molecule has 0 saturated carbocycles. The minimum Gasteiger partial charge on any atom is -0.487 e. The highest BCUT2D eigenvalue weighted by Crippen LogP contribution is 2.48. The highest BCUT2D eigenvalue weighted by atomic mass is 19.4. The number of hydrogen-bond donors (Lipinski definition) is 0. The summed E-state index contributed by atoms with van der Waals surface area (Å²) in [4.78, 5) is 13.3. The number of ketones is 1. The summed E-state index contributed by atoms with van der Waals surface area (Å²) in [5.74, 6) is -1.07. The SMILES string of the molecule is CC(C)c1cc2c(c(-c3ccc(F)cc3)c1C(F)c1ccc(OC(F)(F)F)cc1)C(=O)CC(C)(C)O2. The highest BCUT2D eigenvalue weighted by Gasteiger charge is 2.38. The monoisotopic (exact) mass is 504 g/mol. The van der Waals surface area contributed by atoms with Gasteiger partial charge in [0, 0.05) is 11.1 Å². The van der Waals surface area contributed by atoms with Gasteiger partial charge in [0.15, 0.2) is 12.0 Å². The molecule has 0 saturated heterocycles. The average molecular weight is 504 g/mol. The molecule has 0 spiro atoms. The number of halogens is 5. The molecule has 0 fully saturated rings. The van der Waals surface area contributed by atoms with Crippen molar-refractivity contribution in [3.8, 4) is 22.6 Å². The summed E-state index contributed by atoms with van der Waals surface area (Å²) in [6.07, 6.45) is -6.60. The van der Waals surface area contributed by atoms with Crippen molar-refractivity contribution < 1.29 is 36.2 Å². The van der Waals surface area contributed by atoms with Crippen LogP contribution in [0.5, 0.6) is 11.5 Å². The van der Waals surface area contributed by atoms with E-state index in [2.05, 4.69) is 4.74 Å². The standard InChI is InChI=1S/C28H25F5O3/c1-15(2)20-13-22-25(21(34)14-27(3,4)36-22)23(16-5-9-18(29)10-6-16)24(20)26(30)17-7-11-19(12-8-17)35-28(31,32)33/h5-13,15,26H,14H2,1-4H3. The van der Waals surface area contributed by atoms with Gasteiger partial charge in [-0.3, -0.25) is 4.79 Å². The van der Waals surface area contributed by atoms with E-state index in [0.29, 0.717) is 22.4 Å². The maximum Gasteiger partial charge on any atom is 0.573 e. The highest BCUT2D eigenvalue weighted by molar-refractivity contribution is 6.07. The number of rotatable bonds is 5. The first kappa shape index (κ1) is 25.7. The van der Waals surface area contributed by atoms with Gasteiger partial charge in [-0.25, -0.2) is 8.78 Å². The normalized spacial score (nSPS) is 15.9. The Morgan fingerprint density at radius 2 is 1.58 bits per heavy atom. The fourth-order valence-corrected chi connectivity index (χ4v) is 4.53. The smallest absolute Gasteiger partial charge is 0.487 e. The van der Waals surface area contributed by atoms with E-state index >= 15 is 4.39 Å². The van der Waals surface area contributed by atoms with Gasteiger partial charge in [0.1, 0.15) is 22.9 Å². The van der Waals surface area contributed by atoms with Crippen LogP contribution in [0.1, 0.15) is 73.3 Å². The predicted molar refractivity (Wildman–Crippen MR) is 126 cm³/mol. The van der Waals surface area contributed by atoms with Crippen LogP contribution in [0.25, 0.3) is 11.1 Å². The molecule has 0 radical (unpaired) electrons. The van der Waals surface area contributed by atoms with E-state index < -0.39 is 29.7 Å². The van der Waals surface area contributed by atoms with E-state index in [1.165, 1.54) is 36.4 Å². The lowest BCUT2D eigenvalue weighted by atomic mass is 9.79. The molecule has 0 aromatic heterocycles. The Morgan fingerprint density at radius 1 is 0.972 bits per heavy atom. The molecule has 36 heavy (non-hydrogen) atoms. The second kappa shape index (κ2) is 9.22. The maximum atomic E-state index is 16.3. The van der Waals surface area contributed by atoms with Crippen molar-refractivity contribution in [2.75, 3.05) is 0 Å². The number of fused-ring (bicyclic) bond motifs is 1. The maximum absolute atomic E-state index is 16.3. The van der Waals surface area contributed by atoms with Crippen molar-refractivity contribution in [2.45, 2.75) is 58.2 Å². The molecule has 1 atom stereocenters. The van der Waals surface area contributed by atoms with Gasteiger partial charge >= 0.3 is 6.36 Å². The van der Waals surface area contributed by atoms with Gasteiger partial charge in [0.25, 0.3) is 0 Å². The van der Waals surface area contributed by atoms with E-state index in [0.717, 1.165) is 12.1 Å². The van der Waals surface area contributed by atoms with Gasteiger partial charge < -0.3 is 9.47 Å². The minimum absolute atomic E-state index is 0.0646. The predicted octanol–water partition coefficient (Wildman–Crippen LogP) is 8.32. The molecule has 190 valence electrons. The van der Waals surface area contributed by atoms with Crippen molar-refractivity contribution in [1.82, 2.24) is 0 Å². The van der Waals surface area contributed by atoms with Gasteiger partial charge in [-0.15, -0.1) is 13.2 Å². The van der Waals surface area contributed by atoms with Gasteiger partial charge in [-0.2, -0.15) is 0 Å². The van der Waals surface area contributed by atoms with Crippen LogP contribution in [0.4, 0.5) is 22.0 Å². The van der Waals surface area contributed by atoms with Crippen molar-refractivity contribution in [1.29, 1.82) is 0 Å². The molecule has 1 unspecified atom stereocenters. The quantitative estimate of drug-likeness (QED) is 0.328. The topological polar surface area (TPSA) is 35.5 Å². The Kier molecular flexibility index (Phi) is 6.58. The lowest BCUT2D eigenvalue weighted by molar-refractivity contribution is -0.274. The molecule has 1 heterocycles. The van der Waals surface area contributed by atoms with Gasteiger partial charge in [0.2, 0.25) is 0 Å². The lowest BCUT2D eigenvalue weighted by Gasteiger charge is -2.35. The zero-order valence-corrected chi connectivity index (χ0v) is 20.2. The van der Waals surface area contributed by atoms with E-state index in [1.807, 2.05) is 13.8 Å². The Balaban J connectivity index is 1.95. The van der Waals surface area contributed by atoms with Crippen LogP contribution in [0.3, 0.4) is 0 Å². The van der Waals surface area contributed by atoms with E-state index in [4.69, 9.17) is 4.74 Å². The molecular weight excluding hydrogens is 479 g/mol. The summed E-state index contributed by atoms with van der Waals surface area (Å²) < 4.78 is 77.8. The summed E-state index contributed by atoms with van der Waals surface area (Å²) in [5.41, 5.74) is 1.02. The van der Waals surface area contributed by atoms with E-state index in [9.17, 15) is 22.4 Å². The number of Topliss-reactive ketones (excluding diaryl/α,β-unsaturated/α-hetero) is 1. The van der Waals surface area contributed by atoms with Crippen molar-refractivity contribution >= 4 is 5.78 Å². The second-order valence-electron chi connectivity index (χ2n) is 9.73. The molecule has 3 nitrogen and oxygen atoms in total. The zero-order chi connectivity index (χ0) is 26.4. The number of alkyl halides is 4. The van der Waals surface area contributed by atoms with Gasteiger partial charge in [0.05, 0.1) is 12.0 Å². The zero-order valence-electron chi connectivity index (χ0n) is 20.2. The first-order chi connectivity index (χ1) is 16.8. The van der Waals surface area contributed by atoms with Crippen LogP contribution in [0.2, 0.25) is 0 Å². The summed E-state index contributed by atoms with van der Waals surface area (Å²) in [7, 11) is 0. The molecule has 1 aliphatic heterocycles. The third-order valence-corrected chi connectivity index (χ3v) is 6.03. The van der Waals surface area contributed by atoms with E-state index in [1.54, 1.807) is 19.9 Å². The van der Waals surface area contributed by atoms with Crippen LogP contribution in [0.15, 0.2) is 54.6 Å². The molecule has 3 aromatic carbocycles. The van der Waals surface area contributed by atoms with Crippen LogP contribution in [0, 0.1) is 5.82 Å². The molecule has 0 N–H and O–H groups in total. The molecule has 0 aliphatic carbocycles. The summed E-state index contributed by atoms with van der Waals surface area (Å²) >= 11 is 0. The van der Waals surface area contributed by atoms with Crippen LogP contribution in [-0.4, -0.2) is 17.7 Å².